The third-order valence-corrected chi connectivity index (χ3v) is 6.30. The molecule has 6 heteroatoms. The van der Waals surface area contributed by atoms with Gasteiger partial charge < -0.3 is 15.4 Å². The number of para-hydroxylation sites is 2. The van der Waals surface area contributed by atoms with Crippen LogP contribution in [-0.4, -0.2) is 23.7 Å². The number of anilines is 2. The van der Waals surface area contributed by atoms with Crippen LogP contribution in [0, 0.1) is 5.92 Å². The quantitative estimate of drug-likeness (QED) is 0.530. The van der Waals surface area contributed by atoms with Crippen LogP contribution >= 0.6 is 11.8 Å². The predicted octanol–water partition coefficient (Wildman–Crippen LogP) is 5.72. The number of carbonyl (C=O) groups is 2. The van der Waals surface area contributed by atoms with Crippen molar-refractivity contribution in [3.05, 3.63) is 48.5 Å². The molecule has 0 bridgehead atoms. The molecule has 1 fully saturated rings. The van der Waals surface area contributed by atoms with E-state index in [9.17, 15) is 9.59 Å². The summed E-state index contributed by atoms with van der Waals surface area (Å²) in [6.07, 6.45) is 5.44. The molecule has 1 aliphatic carbocycles. The third-order valence-electron chi connectivity index (χ3n) is 5.20. The molecule has 5 nitrogen and oxygen atoms in total. The first-order valence-corrected chi connectivity index (χ1v) is 11.5. The van der Waals surface area contributed by atoms with E-state index in [4.69, 9.17) is 4.74 Å². The second-order valence-electron chi connectivity index (χ2n) is 7.53. The lowest BCUT2D eigenvalue weighted by Crippen LogP contribution is -2.24. The van der Waals surface area contributed by atoms with Gasteiger partial charge in [0, 0.05) is 16.5 Å². The Kier molecular flexibility index (Phi) is 8.20. The molecule has 1 saturated carbocycles. The maximum atomic E-state index is 12.7. The smallest absolute Gasteiger partial charge is 0.237 e. The van der Waals surface area contributed by atoms with E-state index < -0.39 is 0 Å². The van der Waals surface area contributed by atoms with Crippen molar-refractivity contribution in [2.75, 3.05) is 17.2 Å². The molecule has 1 unspecified atom stereocenters. The van der Waals surface area contributed by atoms with Crippen LogP contribution in [0.15, 0.2) is 53.4 Å². The van der Waals surface area contributed by atoms with E-state index in [0.717, 1.165) is 36.3 Å². The molecule has 0 saturated heterocycles. The minimum absolute atomic E-state index is 0.0937. The Morgan fingerprint density at radius 1 is 1.07 bits per heavy atom. The van der Waals surface area contributed by atoms with Gasteiger partial charge in [0.15, 0.2) is 0 Å². The number of hydrogen-bond donors (Lipinski definition) is 2. The number of rotatable bonds is 8. The van der Waals surface area contributed by atoms with Crippen LogP contribution in [0.25, 0.3) is 0 Å². The Bertz CT molecular complexity index is 865. The zero-order chi connectivity index (χ0) is 21.3. The molecule has 3 rings (SSSR count). The zero-order valence-electron chi connectivity index (χ0n) is 17.6. The van der Waals surface area contributed by atoms with Crippen LogP contribution in [-0.2, 0) is 9.59 Å². The summed E-state index contributed by atoms with van der Waals surface area (Å²) in [4.78, 5) is 26.1. The molecule has 2 aromatic rings. The number of nitrogens with one attached hydrogen (secondary N) is 2. The normalized spacial score (nSPS) is 15.3. The molecule has 2 N–H and O–H groups in total. The number of benzene rings is 2. The summed E-state index contributed by atoms with van der Waals surface area (Å²) in [6.45, 7) is 4.32. The number of carbonyl (C=O) groups excluding carboxylic acids is 2. The molecular weight excluding hydrogens is 396 g/mol. The molecule has 0 aliphatic heterocycles. The minimum atomic E-state index is -0.302. The standard InChI is InChI=1S/C24H30N2O3S/c1-3-29-22-15-8-7-14-21(22)26-23(27)17(2)30-20-13-9-12-19(16-20)25-24(28)18-10-5-4-6-11-18/h7-9,12-18H,3-6,10-11H2,1-2H3,(H,25,28)(H,26,27). The summed E-state index contributed by atoms with van der Waals surface area (Å²) >= 11 is 1.46. The van der Waals surface area contributed by atoms with Gasteiger partial charge in [0.2, 0.25) is 11.8 Å². The van der Waals surface area contributed by atoms with Gasteiger partial charge in [0.05, 0.1) is 17.5 Å². The van der Waals surface area contributed by atoms with E-state index in [-0.39, 0.29) is 23.0 Å². The Morgan fingerprint density at radius 2 is 1.83 bits per heavy atom. The van der Waals surface area contributed by atoms with Crippen LogP contribution in [0.3, 0.4) is 0 Å². The van der Waals surface area contributed by atoms with Crippen molar-refractivity contribution in [2.45, 2.75) is 56.1 Å². The highest BCUT2D eigenvalue weighted by Crippen LogP contribution is 2.30. The van der Waals surface area contributed by atoms with Gasteiger partial charge in [0.1, 0.15) is 5.75 Å². The number of amides is 2. The van der Waals surface area contributed by atoms with E-state index in [1.54, 1.807) is 0 Å². The van der Waals surface area contributed by atoms with E-state index >= 15 is 0 Å². The summed E-state index contributed by atoms with van der Waals surface area (Å²) < 4.78 is 5.58. The minimum Gasteiger partial charge on any atom is -0.492 e. The van der Waals surface area contributed by atoms with Crippen LogP contribution in [0.2, 0.25) is 0 Å². The largest absolute Gasteiger partial charge is 0.492 e. The molecule has 0 spiro atoms. The third kappa shape index (κ3) is 6.26. The van der Waals surface area contributed by atoms with Crippen molar-refractivity contribution in [1.29, 1.82) is 0 Å². The van der Waals surface area contributed by atoms with Gasteiger partial charge in [-0.15, -0.1) is 11.8 Å². The fourth-order valence-corrected chi connectivity index (χ4v) is 4.53. The first kappa shape index (κ1) is 22.2. The molecular formula is C24H30N2O3S. The van der Waals surface area contributed by atoms with E-state index in [1.165, 1.54) is 18.2 Å². The second kappa shape index (κ2) is 11.1. The molecule has 0 aromatic heterocycles. The van der Waals surface area contributed by atoms with Gasteiger partial charge in [-0.25, -0.2) is 0 Å². The molecule has 0 radical (unpaired) electrons. The van der Waals surface area contributed by atoms with Gasteiger partial charge >= 0.3 is 0 Å². The van der Waals surface area contributed by atoms with E-state index in [0.29, 0.717) is 18.0 Å². The molecule has 160 valence electrons. The van der Waals surface area contributed by atoms with Crippen LogP contribution in [0.5, 0.6) is 5.75 Å². The highest BCUT2D eigenvalue weighted by molar-refractivity contribution is 8.00. The van der Waals surface area contributed by atoms with Crippen molar-refractivity contribution >= 4 is 35.0 Å². The van der Waals surface area contributed by atoms with Gasteiger partial charge in [-0.2, -0.15) is 0 Å². The predicted molar refractivity (Wildman–Crippen MR) is 123 cm³/mol. The Hall–Kier alpha value is -2.47. The highest BCUT2D eigenvalue weighted by atomic mass is 32.2. The number of hydrogen-bond acceptors (Lipinski definition) is 4. The highest BCUT2D eigenvalue weighted by Gasteiger charge is 2.21. The monoisotopic (exact) mass is 426 g/mol. The van der Waals surface area contributed by atoms with Crippen LogP contribution in [0.1, 0.15) is 46.0 Å². The lowest BCUT2D eigenvalue weighted by molar-refractivity contribution is -0.120. The lowest BCUT2D eigenvalue weighted by Gasteiger charge is -2.21. The van der Waals surface area contributed by atoms with Gasteiger partial charge in [-0.05, 0) is 57.0 Å². The molecule has 0 heterocycles. The first-order valence-electron chi connectivity index (χ1n) is 10.7. The summed E-state index contributed by atoms with van der Waals surface area (Å²) in [5, 5.41) is 5.70. The molecule has 1 atom stereocenters. The summed E-state index contributed by atoms with van der Waals surface area (Å²) in [5.74, 6) is 0.794. The Balaban J connectivity index is 1.58. The summed E-state index contributed by atoms with van der Waals surface area (Å²) in [5.41, 5.74) is 1.45. The second-order valence-corrected chi connectivity index (χ2v) is 8.94. The Morgan fingerprint density at radius 3 is 2.60 bits per heavy atom. The van der Waals surface area contributed by atoms with Gasteiger partial charge in [-0.1, -0.05) is 37.5 Å². The van der Waals surface area contributed by atoms with Crippen LogP contribution < -0.4 is 15.4 Å². The molecule has 2 aromatic carbocycles. The Labute approximate surface area is 183 Å². The fraction of sp³-hybridized carbons (Fsp3) is 0.417. The number of ether oxygens (including phenoxy) is 1. The van der Waals surface area contributed by atoms with Crippen molar-refractivity contribution in [3.63, 3.8) is 0 Å². The van der Waals surface area contributed by atoms with Crippen molar-refractivity contribution in [2.24, 2.45) is 5.92 Å². The topological polar surface area (TPSA) is 67.4 Å². The zero-order valence-corrected chi connectivity index (χ0v) is 18.5. The summed E-state index contributed by atoms with van der Waals surface area (Å²) in [7, 11) is 0. The average Bonchev–Trinajstić information content (AvgIpc) is 2.76. The maximum Gasteiger partial charge on any atom is 0.237 e. The summed E-state index contributed by atoms with van der Waals surface area (Å²) in [6, 6.07) is 15.1. The van der Waals surface area contributed by atoms with Gasteiger partial charge in [0.25, 0.3) is 0 Å². The first-order chi connectivity index (χ1) is 14.6. The van der Waals surface area contributed by atoms with Crippen molar-refractivity contribution in [3.8, 4) is 5.75 Å². The van der Waals surface area contributed by atoms with Crippen molar-refractivity contribution in [1.82, 2.24) is 0 Å². The maximum absolute atomic E-state index is 12.7. The van der Waals surface area contributed by atoms with E-state index in [1.807, 2.05) is 62.4 Å². The number of thioether (sulfide) groups is 1. The van der Waals surface area contributed by atoms with Crippen molar-refractivity contribution < 1.29 is 14.3 Å². The fourth-order valence-electron chi connectivity index (χ4n) is 3.60. The van der Waals surface area contributed by atoms with E-state index in [2.05, 4.69) is 10.6 Å². The average molecular weight is 427 g/mol. The van der Waals surface area contributed by atoms with Crippen LogP contribution in [0.4, 0.5) is 11.4 Å². The molecule has 30 heavy (non-hydrogen) atoms. The molecule has 2 amide bonds. The van der Waals surface area contributed by atoms with Gasteiger partial charge in [-0.3, -0.25) is 9.59 Å². The lowest BCUT2D eigenvalue weighted by atomic mass is 9.88. The molecule has 1 aliphatic rings. The SMILES string of the molecule is CCOc1ccccc1NC(=O)C(C)Sc1cccc(NC(=O)C2CCCCC2)c1.